The molecule has 5 rings (SSSR count). The van der Waals surface area contributed by atoms with Crippen LogP contribution in [0.2, 0.25) is 0 Å². The quantitative estimate of drug-likeness (QED) is 0.526. The highest BCUT2D eigenvalue weighted by Gasteiger charge is 2.31. The maximum Gasteiger partial charge on any atom is 0.254 e. The Bertz CT molecular complexity index is 989. The second kappa shape index (κ2) is 8.75. The molecule has 2 fully saturated rings. The van der Waals surface area contributed by atoms with E-state index in [9.17, 15) is 4.79 Å². The van der Waals surface area contributed by atoms with E-state index in [1.54, 1.807) is 11.3 Å². The summed E-state index contributed by atoms with van der Waals surface area (Å²) in [6, 6.07) is 23.4. The van der Waals surface area contributed by atoms with E-state index in [-0.39, 0.29) is 5.91 Å². The molecule has 1 atom stereocenters. The summed E-state index contributed by atoms with van der Waals surface area (Å²) >= 11 is 1.80. The maximum atomic E-state index is 13.2. The molecule has 3 nitrogen and oxygen atoms in total. The topological polar surface area (TPSA) is 23.6 Å². The first-order chi connectivity index (χ1) is 14.8. The molecule has 0 bridgehead atoms. The zero-order valence-corrected chi connectivity index (χ0v) is 18.1. The number of nitrogens with zero attached hydrogens (tertiary/aromatic N) is 2. The van der Waals surface area contributed by atoms with Gasteiger partial charge in [0.05, 0.1) is 0 Å². The van der Waals surface area contributed by atoms with Crippen LogP contribution in [0, 0.1) is 0 Å². The summed E-state index contributed by atoms with van der Waals surface area (Å²) in [5, 5.41) is 0. The third-order valence-electron chi connectivity index (χ3n) is 6.39. The normalized spacial score (nSPS) is 19.5. The minimum atomic E-state index is 0.194. The van der Waals surface area contributed by atoms with Gasteiger partial charge in [0.25, 0.3) is 5.91 Å². The van der Waals surface area contributed by atoms with E-state index >= 15 is 0 Å². The Morgan fingerprint density at radius 3 is 2.17 bits per heavy atom. The molecule has 2 aromatic carbocycles. The molecule has 2 aliphatic rings. The number of benzene rings is 2. The number of hydrogen-bond donors (Lipinski definition) is 0. The van der Waals surface area contributed by atoms with Crippen LogP contribution in [0.15, 0.2) is 66.7 Å². The molecule has 0 spiro atoms. The Hall–Kier alpha value is -2.43. The average Bonchev–Trinajstić information content (AvgIpc) is 3.57. The molecule has 0 aliphatic carbocycles. The monoisotopic (exact) mass is 416 g/mol. The molecule has 2 aliphatic heterocycles. The Labute approximate surface area is 183 Å². The van der Waals surface area contributed by atoms with Crippen molar-refractivity contribution in [1.29, 1.82) is 0 Å². The molecule has 0 unspecified atom stereocenters. The molecule has 0 N–H and O–H groups in total. The smallest absolute Gasteiger partial charge is 0.254 e. The van der Waals surface area contributed by atoms with Crippen LogP contribution < -0.4 is 0 Å². The zero-order valence-electron chi connectivity index (χ0n) is 17.3. The van der Waals surface area contributed by atoms with Crippen molar-refractivity contribution in [2.75, 3.05) is 26.2 Å². The summed E-state index contributed by atoms with van der Waals surface area (Å²) in [7, 11) is 0. The van der Waals surface area contributed by atoms with Gasteiger partial charge in [-0.2, -0.15) is 0 Å². The van der Waals surface area contributed by atoms with Gasteiger partial charge < -0.3 is 9.80 Å². The summed E-state index contributed by atoms with van der Waals surface area (Å²) in [5.41, 5.74) is 3.24. The third kappa shape index (κ3) is 4.07. The lowest BCUT2D eigenvalue weighted by atomic mass is 10.1. The van der Waals surface area contributed by atoms with Crippen molar-refractivity contribution in [3.8, 4) is 20.9 Å². The fourth-order valence-electron chi connectivity index (χ4n) is 4.75. The van der Waals surface area contributed by atoms with E-state index in [2.05, 4.69) is 58.3 Å². The van der Waals surface area contributed by atoms with Crippen LogP contribution in [0.4, 0.5) is 0 Å². The fraction of sp³-hybridized carbons (Fsp3) is 0.346. The molecular formula is C26H28N2OS. The third-order valence-corrected chi connectivity index (χ3v) is 7.57. The van der Waals surface area contributed by atoms with Crippen molar-refractivity contribution in [3.63, 3.8) is 0 Å². The van der Waals surface area contributed by atoms with E-state index < -0.39 is 0 Å². The minimum absolute atomic E-state index is 0.194. The van der Waals surface area contributed by atoms with E-state index in [0.29, 0.717) is 6.04 Å². The van der Waals surface area contributed by atoms with Crippen molar-refractivity contribution in [3.05, 3.63) is 72.3 Å². The van der Waals surface area contributed by atoms with Crippen molar-refractivity contribution < 1.29 is 4.79 Å². The number of carbonyl (C=O) groups excluding carboxylic acids is 1. The Morgan fingerprint density at radius 2 is 1.47 bits per heavy atom. The lowest BCUT2D eigenvalue weighted by Gasteiger charge is -2.28. The minimum Gasteiger partial charge on any atom is -0.334 e. The standard InChI is InChI=1S/C26H28N2OS/c29-26(28-18-6-9-23(28)19-27-16-4-5-17-27)22-12-10-21(11-13-22)25-15-14-24(30-25)20-7-2-1-3-8-20/h1-3,7-8,10-15,23H,4-6,9,16-19H2/t23-/m0/s1. The van der Waals surface area contributed by atoms with Gasteiger partial charge in [-0.25, -0.2) is 0 Å². The van der Waals surface area contributed by atoms with Gasteiger partial charge in [-0.15, -0.1) is 11.3 Å². The molecule has 2 saturated heterocycles. The van der Waals surface area contributed by atoms with E-state index in [1.165, 1.54) is 46.8 Å². The van der Waals surface area contributed by atoms with Gasteiger partial charge in [-0.3, -0.25) is 4.79 Å². The van der Waals surface area contributed by atoms with Gasteiger partial charge in [0.2, 0.25) is 0 Å². The number of carbonyl (C=O) groups is 1. The second-order valence-electron chi connectivity index (χ2n) is 8.41. The Kier molecular flexibility index (Phi) is 5.69. The number of rotatable bonds is 5. The van der Waals surface area contributed by atoms with Crippen LogP contribution in [-0.4, -0.2) is 47.9 Å². The van der Waals surface area contributed by atoms with Crippen molar-refractivity contribution >= 4 is 17.2 Å². The van der Waals surface area contributed by atoms with Gasteiger partial charge in [-0.1, -0.05) is 42.5 Å². The zero-order chi connectivity index (χ0) is 20.3. The lowest BCUT2D eigenvalue weighted by molar-refractivity contribution is 0.0709. The highest BCUT2D eigenvalue weighted by Crippen LogP contribution is 2.34. The molecular weight excluding hydrogens is 388 g/mol. The van der Waals surface area contributed by atoms with Crippen molar-refractivity contribution in [2.45, 2.75) is 31.7 Å². The molecule has 1 aromatic heterocycles. The van der Waals surface area contributed by atoms with Gasteiger partial charge in [0, 0.05) is 34.4 Å². The largest absolute Gasteiger partial charge is 0.334 e. The van der Waals surface area contributed by atoms with Crippen molar-refractivity contribution in [2.24, 2.45) is 0 Å². The summed E-state index contributed by atoms with van der Waals surface area (Å²) in [5.74, 6) is 0.194. The molecule has 154 valence electrons. The van der Waals surface area contributed by atoms with E-state index in [4.69, 9.17) is 0 Å². The first-order valence-electron chi connectivity index (χ1n) is 11.1. The van der Waals surface area contributed by atoms with Crippen LogP contribution in [0.1, 0.15) is 36.0 Å². The summed E-state index contributed by atoms with van der Waals surface area (Å²) in [4.78, 5) is 20.3. The van der Waals surface area contributed by atoms with Crippen LogP contribution >= 0.6 is 11.3 Å². The summed E-state index contributed by atoms with van der Waals surface area (Å²) < 4.78 is 0. The Morgan fingerprint density at radius 1 is 0.800 bits per heavy atom. The van der Waals surface area contributed by atoms with E-state index in [1.807, 2.05) is 18.2 Å². The second-order valence-corrected chi connectivity index (χ2v) is 9.49. The number of hydrogen-bond acceptors (Lipinski definition) is 3. The van der Waals surface area contributed by atoms with Crippen molar-refractivity contribution in [1.82, 2.24) is 9.80 Å². The molecule has 0 radical (unpaired) electrons. The number of thiophene rings is 1. The maximum absolute atomic E-state index is 13.2. The lowest BCUT2D eigenvalue weighted by Crippen LogP contribution is -2.42. The molecule has 0 saturated carbocycles. The SMILES string of the molecule is O=C(c1ccc(-c2ccc(-c3ccccc3)s2)cc1)N1CCC[C@H]1CN1CCCC1. The van der Waals surface area contributed by atoms with Gasteiger partial charge in [0.1, 0.15) is 0 Å². The predicted octanol–water partition coefficient (Wildman–Crippen LogP) is 5.78. The number of likely N-dealkylation sites (tertiary alicyclic amines) is 2. The van der Waals surface area contributed by atoms with Crippen LogP contribution in [-0.2, 0) is 0 Å². The van der Waals surface area contributed by atoms with Crippen LogP contribution in [0.5, 0.6) is 0 Å². The van der Waals surface area contributed by atoms with E-state index in [0.717, 1.165) is 31.5 Å². The summed E-state index contributed by atoms with van der Waals surface area (Å²) in [6.07, 6.45) is 4.87. The highest BCUT2D eigenvalue weighted by molar-refractivity contribution is 7.18. The predicted molar refractivity (Wildman–Crippen MR) is 125 cm³/mol. The molecule has 3 aromatic rings. The Balaban J connectivity index is 1.29. The van der Waals surface area contributed by atoms with Crippen LogP contribution in [0.3, 0.4) is 0 Å². The molecule has 4 heteroatoms. The average molecular weight is 417 g/mol. The van der Waals surface area contributed by atoms with Gasteiger partial charge in [0.15, 0.2) is 0 Å². The molecule has 30 heavy (non-hydrogen) atoms. The first-order valence-corrected chi connectivity index (χ1v) is 11.9. The first kappa shape index (κ1) is 19.5. The highest BCUT2D eigenvalue weighted by atomic mass is 32.1. The van der Waals surface area contributed by atoms with Crippen LogP contribution in [0.25, 0.3) is 20.9 Å². The summed E-state index contributed by atoms with van der Waals surface area (Å²) in [6.45, 7) is 4.32. The molecule has 1 amide bonds. The fourth-order valence-corrected chi connectivity index (χ4v) is 5.77. The number of amides is 1. The molecule has 3 heterocycles. The van der Waals surface area contributed by atoms with Gasteiger partial charge in [-0.05, 0) is 74.2 Å². The van der Waals surface area contributed by atoms with Gasteiger partial charge >= 0.3 is 0 Å².